The van der Waals surface area contributed by atoms with Gasteiger partial charge in [-0.15, -0.1) is 0 Å². The van der Waals surface area contributed by atoms with Crippen molar-refractivity contribution >= 4 is 34.8 Å². The average Bonchev–Trinajstić information content (AvgIpc) is 2.41. The van der Waals surface area contributed by atoms with E-state index in [2.05, 4.69) is 5.32 Å². The quantitative estimate of drug-likeness (QED) is 0.860. The number of carbonyl (C=O) groups excluding carboxylic acids is 1. The number of nitrogens with zero attached hydrogens (tertiary/aromatic N) is 1. The van der Waals surface area contributed by atoms with Crippen molar-refractivity contribution in [3.05, 3.63) is 58.3 Å². The molecule has 0 radical (unpaired) electrons. The van der Waals surface area contributed by atoms with Crippen molar-refractivity contribution in [3.63, 3.8) is 0 Å². The molecule has 1 aromatic carbocycles. The molecule has 104 valence electrons. The summed E-state index contributed by atoms with van der Waals surface area (Å²) in [6, 6.07) is 10.4. The van der Waals surface area contributed by atoms with E-state index in [0.29, 0.717) is 15.7 Å². The van der Waals surface area contributed by atoms with E-state index in [-0.39, 0.29) is 11.9 Å². The zero-order chi connectivity index (χ0) is 14.7. The largest absolute Gasteiger partial charge is 0.319 e. The Morgan fingerprint density at radius 3 is 2.65 bits per heavy atom. The number of aromatic nitrogens is 1. The van der Waals surface area contributed by atoms with Crippen LogP contribution < -0.4 is 9.88 Å². The molecule has 1 amide bonds. The summed E-state index contributed by atoms with van der Waals surface area (Å²) in [6.45, 7) is 3.80. The van der Waals surface area contributed by atoms with Crippen LogP contribution >= 0.6 is 23.2 Å². The van der Waals surface area contributed by atoms with Crippen LogP contribution in [0.5, 0.6) is 0 Å². The fourth-order valence-corrected chi connectivity index (χ4v) is 2.39. The van der Waals surface area contributed by atoms with Crippen molar-refractivity contribution < 1.29 is 9.36 Å². The fraction of sp³-hybridized carbons (Fsp3) is 0.200. The number of anilines is 1. The predicted octanol–water partition coefficient (Wildman–Crippen LogP) is 3.79. The molecule has 0 saturated heterocycles. The summed E-state index contributed by atoms with van der Waals surface area (Å²) in [4.78, 5) is 12.3. The number of hydrogen-bond acceptors (Lipinski definition) is 1. The summed E-state index contributed by atoms with van der Waals surface area (Å²) < 4.78 is 1.90. The van der Waals surface area contributed by atoms with Crippen LogP contribution in [0.1, 0.15) is 18.7 Å². The van der Waals surface area contributed by atoms with Crippen molar-refractivity contribution in [3.8, 4) is 0 Å². The molecule has 1 atom stereocenters. The number of carbonyl (C=O) groups is 1. The number of rotatable bonds is 3. The van der Waals surface area contributed by atoms with Gasteiger partial charge >= 0.3 is 0 Å². The molecule has 0 saturated carbocycles. The second-order valence-corrected chi connectivity index (χ2v) is 5.38. The molecule has 0 aliphatic heterocycles. The SMILES string of the molecule is Cc1cccc[n+]1[C@@H](C)C(=O)Nc1ccc(Cl)cc1Cl. The van der Waals surface area contributed by atoms with E-state index in [1.54, 1.807) is 18.2 Å². The fourth-order valence-electron chi connectivity index (χ4n) is 1.93. The Labute approximate surface area is 128 Å². The van der Waals surface area contributed by atoms with Gasteiger partial charge in [0.05, 0.1) is 10.7 Å². The Kier molecular flexibility index (Phi) is 4.63. The monoisotopic (exact) mass is 309 g/mol. The van der Waals surface area contributed by atoms with Gasteiger partial charge in [0, 0.05) is 31.0 Å². The summed E-state index contributed by atoms with van der Waals surface area (Å²) in [5.74, 6) is -0.131. The molecule has 2 aromatic rings. The summed E-state index contributed by atoms with van der Waals surface area (Å²) in [7, 11) is 0. The van der Waals surface area contributed by atoms with E-state index in [1.807, 2.05) is 42.8 Å². The van der Waals surface area contributed by atoms with E-state index in [4.69, 9.17) is 23.2 Å². The topological polar surface area (TPSA) is 33.0 Å². The highest BCUT2D eigenvalue weighted by molar-refractivity contribution is 6.36. The molecule has 1 aromatic heterocycles. The maximum absolute atomic E-state index is 12.3. The van der Waals surface area contributed by atoms with Crippen molar-refractivity contribution in [2.75, 3.05) is 5.32 Å². The number of halogens is 2. The zero-order valence-corrected chi connectivity index (χ0v) is 12.7. The Morgan fingerprint density at radius 2 is 2.00 bits per heavy atom. The first-order chi connectivity index (χ1) is 9.49. The van der Waals surface area contributed by atoms with E-state index in [9.17, 15) is 4.79 Å². The normalized spacial score (nSPS) is 12.0. The molecule has 1 N–H and O–H groups in total. The third-order valence-electron chi connectivity index (χ3n) is 3.09. The third-order valence-corrected chi connectivity index (χ3v) is 3.64. The molecule has 0 bridgehead atoms. The number of aryl methyl sites for hydroxylation is 1. The van der Waals surface area contributed by atoms with Gasteiger partial charge in [-0.2, -0.15) is 4.57 Å². The highest BCUT2D eigenvalue weighted by Gasteiger charge is 2.24. The van der Waals surface area contributed by atoms with Crippen LogP contribution in [-0.2, 0) is 4.79 Å². The molecule has 0 unspecified atom stereocenters. The second kappa shape index (κ2) is 6.25. The minimum absolute atomic E-state index is 0.131. The summed E-state index contributed by atoms with van der Waals surface area (Å²) in [5.41, 5.74) is 1.57. The lowest BCUT2D eigenvalue weighted by molar-refractivity contribution is -0.711. The lowest BCUT2D eigenvalue weighted by Gasteiger charge is -2.11. The first-order valence-corrected chi connectivity index (χ1v) is 6.97. The molecule has 20 heavy (non-hydrogen) atoms. The number of hydrogen-bond donors (Lipinski definition) is 1. The van der Waals surface area contributed by atoms with E-state index in [0.717, 1.165) is 5.69 Å². The van der Waals surface area contributed by atoms with Crippen molar-refractivity contribution in [2.45, 2.75) is 19.9 Å². The van der Waals surface area contributed by atoms with Gasteiger partial charge in [0.25, 0.3) is 5.91 Å². The van der Waals surface area contributed by atoms with Crippen LogP contribution in [0.15, 0.2) is 42.6 Å². The summed E-state index contributed by atoms with van der Waals surface area (Å²) >= 11 is 11.9. The van der Waals surface area contributed by atoms with Crippen LogP contribution in [0.2, 0.25) is 10.0 Å². The standard InChI is InChI=1S/C15H14Cl2N2O/c1-10-5-3-4-8-19(10)11(2)15(20)18-14-7-6-12(16)9-13(14)17/h3-9,11H,1-2H3/p+1/t11-/m0/s1. The van der Waals surface area contributed by atoms with Crippen LogP contribution in [0.3, 0.4) is 0 Å². The maximum Gasteiger partial charge on any atom is 0.293 e. The molecule has 0 fully saturated rings. The molecular formula is C15H15Cl2N2O+. The Hall–Kier alpha value is -1.58. The first kappa shape index (κ1) is 14.8. The van der Waals surface area contributed by atoms with Crippen LogP contribution in [0.4, 0.5) is 5.69 Å². The molecule has 0 aliphatic carbocycles. The molecule has 3 nitrogen and oxygen atoms in total. The Morgan fingerprint density at radius 1 is 1.25 bits per heavy atom. The number of amides is 1. The van der Waals surface area contributed by atoms with Gasteiger partial charge in [0.1, 0.15) is 0 Å². The zero-order valence-electron chi connectivity index (χ0n) is 11.2. The minimum Gasteiger partial charge on any atom is -0.319 e. The number of benzene rings is 1. The Bertz CT molecular complexity index is 644. The van der Waals surface area contributed by atoms with E-state index in [1.165, 1.54) is 0 Å². The minimum atomic E-state index is -0.331. The number of nitrogens with one attached hydrogen (secondary N) is 1. The maximum atomic E-state index is 12.3. The Balaban J connectivity index is 2.18. The van der Waals surface area contributed by atoms with Crippen molar-refractivity contribution in [2.24, 2.45) is 0 Å². The number of pyridine rings is 1. The van der Waals surface area contributed by atoms with Crippen molar-refractivity contribution in [1.82, 2.24) is 0 Å². The van der Waals surface area contributed by atoms with Crippen LogP contribution in [0.25, 0.3) is 0 Å². The lowest BCUT2D eigenvalue weighted by atomic mass is 10.2. The van der Waals surface area contributed by atoms with Gasteiger partial charge in [-0.05, 0) is 18.2 Å². The third kappa shape index (κ3) is 3.30. The van der Waals surface area contributed by atoms with Gasteiger partial charge in [0.2, 0.25) is 6.04 Å². The van der Waals surface area contributed by atoms with E-state index < -0.39 is 0 Å². The molecule has 2 rings (SSSR count). The first-order valence-electron chi connectivity index (χ1n) is 6.21. The summed E-state index contributed by atoms with van der Waals surface area (Å²) in [6.07, 6.45) is 1.88. The van der Waals surface area contributed by atoms with E-state index >= 15 is 0 Å². The highest BCUT2D eigenvalue weighted by atomic mass is 35.5. The smallest absolute Gasteiger partial charge is 0.293 e. The van der Waals surface area contributed by atoms with Crippen molar-refractivity contribution in [1.29, 1.82) is 0 Å². The van der Waals surface area contributed by atoms with Gasteiger partial charge in [-0.3, -0.25) is 4.79 Å². The molecule has 5 heteroatoms. The second-order valence-electron chi connectivity index (χ2n) is 4.54. The molecule has 1 heterocycles. The lowest BCUT2D eigenvalue weighted by Crippen LogP contribution is -2.46. The van der Waals surface area contributed by atoms with Gasteiger partial charge in [-0.25, -0.2) is 0 Å². The van der Waals surface area contributed by atoms with Crippen LogP contribution in [0, 0.1) is 6.92 Å². The van der Waals surface area contributed by atoms with Gasteiger partial charge in [-0.1, -0.05) is 29.3 Å². The molecular weight excluding hydrogens is 295 g/mol. The molecule has 0 aliphatic rings. The molecule has 0 spiro atoms. The van der Waals surface area contributed by atoms with Crippen LogP contribution in [-0.4, -0.2) is 5.91 Å². The average molecular weight is 310 g/mol. The van der Waals surface area contributed by atoms with Gasteiger partial charge in [0.15, 0.2) is 11.9 Å². The highest BCUT2D eigenvalue weighted by Crippen LogP contribution is 2.25. The predicted molar refractivity (Wildman–Crippen MR) is 81.2 cm³/mol. The van der Waals surface area contributed by atoms with Gasteiger partial charge < -0.3 is 5.32 Å². The summed E-state index contributed by atoms with van der Waals surface area (Å²) in [5, 5.41) is 3.77.